The van der Waals surface area contributed by atoms with E-state index in [1.165, 1.54) is 0 Å². The summed E-state index contributed by atoms with van der Waals surface area (Å²) in [6.45, 7) is 3.76. The van der Waals surface area contributed by atoms with Crippen molar-refractivity contribution in [2.75, 3.05) is 32.7 Å². The minimum absolute atomic E-state index is 0.0877. The molecule has 0 aliphatic carbocycles. The Morgan fingerprint density at radius 2 is 2.35 bits per heavy atom. The number of rotatable bonds is 6. The molecule has 1 saturated heterocycles. The summed E-state index contributed by atoms with van der Waals surface area (Å²) >= 11 is 5.92. The molecule has 4 nitrogen and oxygen atoms in total. The van der Waals surface area contributed by atoms with Crippen molar-refractivity contribution < 1.29 is 4.79 Å². The number of amides is 1. The fraction of sp³-hybridized carbons (Fsp3) is 0.533. The van der Waals surface area contributed by atoms with Crippen molar-refractivity contribution in [1.29, 1.82) is 0 Å². The number of likely N-dealkylation sites (tertiary alicyclic amines) is 1. The Morgan fingerprint density at radius 1 is 1.50 bits per heavy atom. The molecular weight excluding hydrogens is 274 g/mol. The van der Waals surface area contributed by atoms with E-state index in [2.05, 4.69) is 10.2 Å². The average molecular weight is 296 g/mol. The lowest BCUT2D eigenvalue weighted by atomic mass is 10.1. The van der Waals surface area contributed by atoms with Gasteiger partial charge >= 0.3 is 0 Å². The second-order valence-electron chi connectivity index (χ2n) is 5.36. The van der Waals surface area contributed by atoms with Crippen molar-refractivity contribution in [1.82, 2.24) is 10.2 Å². The van der Waals surface area contributed by atoms with Gasteiger partial charge in [-0.15, -0.1) is 0 Å². The maximum absolute atomic E-state index is 11.8. The van der Waals surface area contributed by atoms with Gasteiger partial charge in [0.2, 0.25) is 5.91 Å². The number of nitrogens with zero attached hydrogens (tertiary/aromatic N) is 1. The molecule has 110 valence electrons. The summed E-state index contributed by atoms with van der Waals surface area (Å²) in [4.78, 5) is 14.0. The van der Waals surface area contributed by atoms with E-state index in [0.29, 0.717) is 25.6 Å². The van der Waals surface area contributed by atoms with Crippen LogP contribution in [0.4, 0.5) is 0 Å². The zero-order valence-electron chi connectivity index (χ0n) is 11.6. The van der Waals surface area contributed by atoms with Crippen LogP contribution >= 0.6 is 11.6 Å². The molecule has 1 aromatic carbocycles. The smallest absolute Gasteiger partial charge is 0.234 e. The lowest BCUT2D eigenvalue weighted by molar-refractivity contribution is -0.122. The summed E-state index contributed by atoms with van der Waals surface area (Å²) in [5.74, 6) is 0.638. The van der Waals surface area contributed by atoms with E-state index in [9.17, 15) is 4.79 Å². The van der Waals surface area contributed by atoms with E-state index in [-0.39, 0.29) is 5.91 Å². The minimum atomic E-state index is 0.0877. The van der Waals surface area contributed by atoms with Gasteiger partial charge in [0.1, 0.15) is 0 Å². The number of benzene rings is 1. The molecule has 0 unspecified atom stereocenters. The highest BCUT2D eigenvalue weighted by molar-refractivity contribution is 6.30. The summed E-state index contributed by atoms with van der Waals surface area (Å²) in [6.07, 6.45) is 1.91. The van der Waals surface area contributed by atoms with Gasteiger partial charge in [0.05, 0.1) is 6.54 Å². The molecule has 1 atom stereocenters. The first kappa shape index (κ1) is 15.3. The quantitative estimate of drug-likeness (QED) is 0.831. The van der Waals surface area contributed by atoms with E-state index < -0.39 is 0 Å². The van der Waals surface area contributed by atoms with E-state index >= 15 is 0 Å². The van der Waals surface area contributed by atoms with Gasteiger partial charge in [-0.25, -0.2) is 0 Å². The van der Waals surface area contributed by atoms with Crippen molar-refractivity contribution in [3.05, 3.63) is 34.9 Å². The number of nitrogens with two attached hydrogens (primary N) is 1. The first-order valence-electron chi connectivity index (χ1n) is 7.11. The predicted octanol–water partition coefficient (Wildman–Crippen LogP) is 1.28. The summed E-state index contributed by atoms with van der Waals surface area (Å²) in [5.41, 5.74) is 6.79. The van der Waals surface area contributed by atoms with Gasteiger partial charge in [0, 0.05) is 18.1 Å². The number of hydrogen-bond donors (Lipinski definition) is 2. The molecule has 1 heterocycles. The topological polar surface area (TPSA) is 58.4 Å². The number of nitrogens with one attached hydrogen (secondary N) is 1. The molecule has 3 N–H and O–H groups in total. The van der Waals surface area contributed by atoms with Gasteiger partial charge < -0.3 is 11.1 Å². The van der Waals surface area contributed by atoms with Crippen LogP contribution in [0.3, 0.4) is 0 Å². The lowest BCUT2D eigenvalue weighted by Crippen LogP contribution is -2.37. The Bertz CT molecular complexity index is 452. The predicted molar refractivity (Wildman–Crippen MR) is 81.8 cm³/mol. The van der Waals surface area contributed by atoms with Gasteiger partial charge in [-0.2, -0.15) is 0 Å². The van der Waals surface area contributed by atoms with Gasteiger partial charge in [-0.05, 0) is 49.5 Å². The molecule has 0 bridgehead atoms. The molecule has 1 aromatic rings. The third-order valence-electron chi connectivity index (χ3n) is 3.70. The molecule has 0 spiro atoms. The third kappa shape index (κ3) is 4.78. The molecule has 1 aliphatic heterocycles. The SMILES string of the molecule is NC[C@H]1CCN(CC(=O)NCCc2cccc(Cl)c2)C1. The van der Waals surface area contributed by atoms with Crippen LogP contribution in [0, 0.1) is 5.92 Å². The van der Waals surface area contributed by atoms with Crippen molar-refractivity contribution >= 4 is 17.5 Å². The second kappa shape index (κ2) is 7.62. The Morgan fingerprint density at radius 3 is 3.05 bits per heavy atom. The first-order valence-corrected chi connectivity index (χ1v) is 7.48. The highest BCUT2D eigenvalue weighted by atomic mass is 35.5. The fourth-order valence-electron chi connectivity index (χ4n) is 2.55. The average Bonchev–Trinajstić information content (AvgIpc) is 2.86. The van der Waals surface area contributed by atoms with Gasteiger partial charge in [0.25, 0.3) is 0 Å². The normalized spacial score (nSPS) is 19.2. The molecule has 1 amide bonds. The summed E-state index contributed by atoms with van der Waals surface area (Å²) in [7, 11) is 0. The zero-order chi connectivity index (χ0) is 14.4. The van der Waals surface area contributed by atoms with Gasteiger partial charge in [-0.1, -0.05) is 23.7 Å². The highest BCUT2D eigenvalue weighted by Crippen LogP contribution is 2.14. The maximum atomic E-state index is 11.8. The van der Waals surface area contributed by atoms with E-state index in [1.54, 1.807) is 0 Å². The van der Waals surface area contributed by atoms with Crippen LogP contribution in [0.5, 0.6) is 0 Å². The Kier molecular flexibility index (Phi) is 5.83. The van der Waals surface area contributed by atoms with E-state index in [1.807, 2.05) is 24.3 Å². The molecule has 0 saturated carbocycles. The summed E-state index contributed by atoms with van der Waals surface area (Å²) in [5, 5.41) is 3.69. The lowest BCUT2D eigenvalue weighted by Gasteiger charge is -2.15. The van der Waals surface area contributed by atoms with Crippen molar-refractivity contribution in [2.45, 2.75) is 12.8 Å². The molecule has 5 heteroatoms. The minimum Gasteiger partial charge on any atom is -0.355 e. The fourth-order valence-corrected chi connectivity index (χ4v) is 2.76. The van der Waals surface area contributed by atoms with Crippen LogP contribution < -0.4 is 11.1 Å². The number of halogens is 1. The first-order chi connectivity index (χ1) is 9.67. The number of carbonyl (C=O) groups is 1. The zero-order valence-corrected chi connectivity index (χ0v) is 12.4. The van der Waals surface area contributed by atoms with Crippen LogP contribution in [0.15, 0.2) is 24.3 Å². The Hall–Kier alpha value is -1.10. The Balaban J connectivity index is 1.65. The summed E-state index contributed by atoms with van der Waals surface area (Å²) in [6, 6.07) is 7.73. The standard InChI is InChI=1S/C15H22ClN3O/c16-14-3-1-2-12(8-14)4-6-18-15(20)11-19-7-5-13(9-17)10-19/h1-3,8,13H,4-7,9-11,17H2,(H,18,20)/t13-/m1/s1. The molecule has 20 heavy (non-hydrogen) atoms. The third-order valence-corrected chi connectivity index (χ3v) is 3.93. The largest absolute Gasteiger partial charge is 0.355 e. The Labute approximate surface area is 125 Å². The van der Waals surface area contributed by atoms with Gasteiger partial charge in [-0.3, -0.25) is 9.69 Å². The van der Waals surface area contributed by atoms with Crippen molar-refractivity contribution in [2.24, 2.45) is 11.7 Å². The highest BCUT2D eigenvalue weighted by Gasteiger charge is 2.22. The molecule has 0 aromatic heterocycles. The molecular formula is C15H22ClN3O. The van der Waals surface area contributed by atoms with Crippen LogP contribution in [0.2, 0.25) is 5.02 Å². The monoisotopic (exact) mass is 295 g/mol. The van der Waals surface area contributed by atoms with E-state index in [4.69, 9.17) is 17.3 Å². The molecule has 1 fully saturated rings. The number of hydrogen-bond acceptors (Lipinski definition) is 3. The molecule has 2 rings (SSSR count). The van der Waals surface area contributed by atoms with Gasteiger partial charge in [0.15, 0.2) is 0 Å². The molecule has 0 radical (unpaired) electrons. The van der Waals surface area contributed by atoms with Crippen LogP contribution in [-0.4, -0.2) is 43.5 Å². The second-order valence-corrected chi connectivity index (χ2v) is 5.79. The van der Waals surface area contributed by atoms with Crippen molar-refractivity contribution in [3.63, 3.8) is 0 Å². The van der Waals surface area contributed by atoms with Crippen molar-refractivity contribution in [3.8, 4) is 0 Å². The maximum Gasteiger partial charge on any atom is 0.234 e. The summed E-state index contributed by atoms with van der Waals surface area (Å²) < 4.78 is 0. The van der Waals surface area contributed by atoms with Crippen LogP contribution in [0.25, 0.3) is 0 Å². The van der Waals surface area contributed by atoms with Crippen LogP contribution in [-0.2, 0) is 11.2 Å². The van der Waals surface area contributed by atoms with Crippen LogP contribution in [0.1, 0.15) is 12.0 Å². The van der Waals surface area contributed by atoms with E-state index in [0.717, 1.165) is 36.5 Å². The molecule has 1 aliphatic rings. The number of carbonyl (C=O) groups excluding carboxylic acids is 1.